The van der Waals surface area contributed by atoms with Gasteiger partial charge in [-0.1, -0.05) is 17.7 Å². The van der Waals surface area contributed by atoms with Crippen molar-refractivity contribution in [3.05, 3.63) is 52.6 Å². The Labute approximate surface area is 165 Å². The number of amides is 3. The van der Waals surface area contributed by atoms with Gasteiger partial charge in [0.1, 0.15) is 11.5 Å². The Bertz CT molecular complexity index is 819. The van der Waals surface area contributed by atoms with Gasteiger partial charge in [0.15, 0.2) is 0 Å². The van der Waals surface area contributed by atoms with Gasteiger partial charge in [-0.05, 0) is 49.6 Å². The summed E-state index contributed by atoms with van der Waals surface area (Å²) < 4.78 is 10.4. The number of carbonyl (C=O) groups is 2. The van der Waals surface area contributed by atoms with Crippen molar-refractivity contribution in [3.8, 4) is 11.5 Å². The standard InChI is InChI=1S/C21H27N3O4/c1-13-6-14(2)20(15(3)7-13)24-19(25)12-23-21(26)22-11-16-8-17(27-4)10-18(9-16)28-5/h6-10H,11-12H2,1-5H3,(H,24,25)(H2,22,23,26). The molecule has 0 saturated heterocycles. The number of anilines is 1. The number of hydrogen-bond acceptors (Lipinski definition) is 4. The maximum Gasteiger partial charge on any atom is 0.315 e. The van der Waals surface area contributed by atoms with Crippen molar-refractivity contribution in [2.24, 2.45) is 0 Å². The summed E-state index contributed by atoms with van der Waals surface area (Å²) in [5.41, 5.74) is 4.72. The van der Waals surface area contributed by atoms with Crippen LogP contribution in [-0.2, 0) is 11.3 Å². The SMILES string of the molecule is COc1cc(CNC(=O)NCC(=O)Nc2c(C)cc(C)cc2C)cc(OC)c1. The lowest BCUT2D eigenvalue weighted by molar-refractivity contribution is -0.115. The summed E-state index contributed by atoms with van der Waals surface area (Å²) in [5, 5.41) is 8.12. The number of methoxy groups -OCH3 is 2. The van der Waals surface area contributed by atoms with Crippen molar-refractivity contribution in [2.75, 3.05) is 26.1 Å². The summed E-state index contributed by atoms with van der Waals surface area (Å²) in [7, 11) is 3.13. The second kappa shape index (κ2) is 9.64. The van der Waals surface area contributed by atoms with Crippen LogP contribution in [0.4, 0.5) is 10.5 Å². The highest BCUT2D eigenvalue weighted by molar-refractivity contribution is 5.95. The molecule has 3 amide bonds. The Morgan fingerprint density at radius 2 is 1.43 bits per heavy atom. The Balaban J connectivity index is 1.85. The molecule has 0 atom stereocenters. The van der Waals surface area contributed by atoms with E-state index in [1.165, 1.54) is 0 Å². The summed E-state index contributed by atoms with van der Waals surface area (Å²) >= 11 is 0. The molecule has 2 aromatic rings. The predicted octanol–water partition coefficient (Wildman–Crippen LogP) is 3.07. The van der Waals surface area contributed by atoms with Gasteiger partial charge in [-0.25, -0.2) is 4.79 Å². The zero-order chi connectivity index (χ0) is 20.7. The number of aryl methyl sites for hydroxylation is 3. The molecule has 0 aliphatic rings. The summed E-state index contributed by atoms with van der Waals surface area (Å²) in [5.74, 6) is 0.993. The topological polar surface area (TPSA) is 88.7 Å². The molecule has 0 bridgehead atoms. The normalized spacial score (nSPS) is 10.2. The Morgan fingerprint density at radius 1 is 0.857 bits per heavy atom. The predicted molar refractivity (Wildman–Crippen MR) is 109 cm³/mol. The Kier molecular flexibility index (Phi) is 7.26. The maximum atomic E-state index is 12.2. The fraction of sp³-hybridized carbons (Fsp3) is 0.333. The van der Waals surface area contributed by atoms with Gasteiger partial charge < -0.3 is 25.4 Å². The molecule has 0 aliphatic heterocycles. The van der Waals surface area contributed by atoms with Crippen molar-refractivity contribution < 1.29 is 19.1 Å². The van der Waals surface area contributed by atoms with Crippen LogP contribution < -0.4 is 25.4 Å². The molecule has 0 spiro atoms. The highest BCUT2D eigenvalue weighted by Crippen LogP contribution is 2.23. The highest BCUT2D eigenvalue weighted by Gasteiger charge is 2.10. The van der Waals surface area contributed by atoms with Crippen LogP contribution in [0.3, 0.4) is 0 Å². The maximum absolute atomic E-state index is 12.2. The van der Waals surface area contributed by atoms with E-state index in [-0.39, 0.29) is 19.0 Å². The number of urea groups is 1. The molecule has 0 heterocycles. The van der Waals surface area contributed by atoms with Gasteiger partial charge in [0.05, 0.1) is 20.8 Å². The van der Waals surface area contributed by atoms with Gasteiger partial charge >= 0.3 is 6.03 Å². The monoisotopic (exact) mass is 385 g/mol. The van der Waals surface area contributed by atoms with Crippen molar-refractivity contribution in [3.63, 3.8) is 0 Å². The average Bonchev–Trinajstić information content (AvgIpc) is 2.67. The Hall–Kier alpha value is -3.22. The third kappa shape index (κ3) is 5.90. The number of carbonyl (C=O) groups excluding carboxylic acids is 2. The second-order valence-electron chi connectivity index (χ2n) is 6.58. The number of rotatable bonds is 7. The van der Waals surface area contributed by atoms with Crippen LogP contribution >= 0.6 is 0 Å². The molecule has 7 nitrogen and oxygen atoms in total. The molecular weight excluding hydrogens is 358 g/mol. The van der Waals surface area contributed by atoms with E-state index in [0.717, 1.165) is 27.9 Å². The van der Waals surface area contributed by atoms with Crippen LogP contribution in [0.5, 0.6) is 11.5 Å². The van der Waals surface area contributed by atoms with Crippen molar-refractivity contribution in [2.45, 2.75) is 27.3 Å². The zero-order valence-electron chi connectivity index (χ0n) is 16.9. The third-order valence-corrected chi connectivity index (χ3v) is 4.22. The van der Waals surface area contributed by atoms with Gasteiger partial charge in [0.2, 0.25) is 5.91 Å². The lowest BCUT2D eigenvalue weighted by Crippen LogP contribution is -2.39. The molecule has 3 N–H and O–H groups in total. The minimum atomic E-state index is -0.436. The lowest BCUT2D eigenvalue weighted by atomic mass is 10.1. The first-order chi connectivity index (χ1) is 13.3. The van der Waals surface area contributed by atoms with Crippen LogP contribution in [0.15, 0.2) is 30.3 Å². The van der Waals surface area contributed by atoms with Crippen molar-refractivity contribution in [1.82, 2.24) is 10.6 Å². The first kappa shape index (κ1) is 21.1. The highest BCUT2D eigenvalue weighted by atomic mass is 16.5. The van der Waals surface area contributed by atoms with E-state index in [1.54, 1.807) is 32.4 Å². The third-order valence-electron chi connectivity index (χ3n) is 4.22. The molecule has 0 radical (unpaired) electrons. The molecular formula is C21H27N3O4. The largest absolute Gasteiger partial charge is 0.497 e. The van der Waals surface area contributed by atoms with Crippen molar-refractivity contribution >= 4 is 17.6 Å². The number of benzene rings is 2. The second-order valence-corrected chi connectivity index (χ2v) is 6.58. The minimum absolute atomic E-state index is 0.125. The molecule has 2 rings (SSSR count). The fourth-order valence-electron chi connectivity index (χ4n) is 2.93. The van der Waals surface area contributed by atoms with E-state index in [0.29, 0.717) is 11.5 Å². The van der Waals surface area contributed by atoms with E-state index in [9.17, 15) is 9.59 Å². The summed E-state index contributed by atoms with van der Waals surface area (Å²) in [6, 6.07) is 8.94. The molecule has 2 aromatic carbocycles. The van der Waals surface area contributed by atoms with Gasteiger partial charge in [0, 0.05) is 18.3 Å². The summed E-state index contributed by atoms with van der Waals surface area (Å²) in [6.45, 7) is 6.04. The molecule has 0 saturated carbocycles. The van der Waals surface area contributed by atoms with E-state index in [1.807, 2.05) is 32.9 Å². The smallest absolute Gasteiger partial charge is 0.315 e. The van der Waals surface area contributed by atoms with Crippen molar-refractivity contribution in [1.29, 1.82) is 0 Å². The lowest BCUT2D eigenvalue weighted by Gasteiger charge is -2.13. The average molecular weight is 385 g/mol. The number of hydrogen-bond donors (Lipinski definition) is 3. The minimum Gasteiger partial charge on any atom is -0.497 e. The summed E-state index contributed by atoms with van der Waals surface area (Å²) in [4.78, 5) is 24.2. The fourth-order valence-corrected chi connectivity index (χ4v) is 2.93. The quantitative estimate of drug-likeness (QED) is 0.683. The molecule has 0 aliphatic carbocycles. The summed E-state index contributed by atoms with van der Waals surface area (Å²) in [6.07, 6.45) is 0. The van der Waals surface area contributed by atoms with Crippen LogP contribution in [-0.4, -0.2) is 32.7 Å². The molecule has 28 heavy (non-hydrogen) atoms. The number of ether oxygens (including phenoxy) is 2. The molecule has 0 aromatic heterocycles. The van der Waals surface area contributed by atoms with E-state index >= 15 is 0 Å². The molecule has 0 fully saturated rings. The van der Waals surface area contributed by atoms with Gasteiger partial charge in [-0.15, -0.1) is 0 Å². The molecule has 150 valence electrons. The van der Waals surface area contributed by atoms with Crippen LogP contribution in [0.25, 0.3) is 0 Å². The van der Waals surface area contributed by atoms with Gasteiger partial charge in [0.25, 0.3) is 0 Å². The first-order valence-corrected chi connectivity index (χ1v) is 8.93. The van der Waals surface area contributed by atoms with Crippen LogP contribution in [0.1, 0.15) is 22.3 Å². The molecule has 0 unspecified atom stereocenters. The van der Waals surface area contributed by atoms with Gasteiger partial charge in [-0.3, -0.25) is 4.79 Å². The van der Waals surface area contributed by atoms with E-state index in [4.69, 9.17) is 9.47 Å². The Morgan fingerprint density at radius 3 is 1.96 bits per heavy atom. The first-order valence-electron chi connectivity index (χ1n) is 8.93. The number of nitrogens with one attached hydrogen (secondary N) is 3. The van der Waals surface area contributed by atoms with E-state index in [2.05, 4.69) is 16.0 Å². The van der Waals surface area contributed by atoms with Crippen LogP contribution in [0, 0.1) is 20.8 Å². The van der Waals surface area contributed by atoms with Gasteiger partial charge in [-0.2, -0.15) is 0 Å². The van der Waals surface area contributed by atoms with E-state index < -0.39 is 6.03 Å². The molecule has 7 heteroatoms. The zero-order valence-corrected chi connectivity index (χ0v) is 16.9. The van der Waals surface area contributed by atoms with Crippen LogP contribution in [0.2, 0.25) is 0 Å².